The van der Waals surface area contributed by atoms with Crippen LogP contribution in [0.2, 0.25) is 0 Å². The fourth-order valence-electron chi connectivity index (χ4n) is 0.708. The van der Waals surface area contributed by atoms with E-state index in [-0.39, 0.29) is 0 Å². The first-order chi connectivity index (χ1) is 5.82. The summed E-state index contributed by atoms with van der Waals surface area (Å²) in [4.78, 5) is 23.0. The number of alkyl halides is 3. The molecule has 0 unspecified atom stereocenters. The Hall–Kier alpha value is -1.53. The van der Waals surface area contributed by atoms with Gasteiger partial charge in [0.05, 0.1) is 0 Å². The van der Waals surface area contributed by atoms with E-state index in [4.69, 9.17) is 0 Å². The molecule has 4 nitrogen and oxygen atoms in total. The van der Waals surface area contributed by atoms with Gasteiger partial charge in [-0.25, -0.2) is 4.79 Å². The molecule has 0 aliphatic rings. The minimum absolute atomic E-state index is 0.335. The fraction of sp³-hybridized carbons (Fsp3) is 0.333. The van der Waals surface area contributed by atoms with Crippen LogP contribution in [0.15, 0.2) is 15.7 Å². The van der Waals surface area contributed by atoms with Gasteiger partial charge in [0.15, 0.2) is 0 Å². The van der Waals surface area contributed by atoms with Crippen molar-refractivity contribution in [2.45, 2.75) is 6.18 Å². The molecular weight excluding hydrogens is 189 g/mol. The molecule has 0 atom stereocenters. The number of nitrogens with zero attached hydrogens (tertiary/aromatic N) is 1. The van der Waals surface area contributed by atoms with E-state index in [1.165, 1.54) is 4.98 Å². The predicted octanol–water partition coefficient (Wildman–Crippen LogP) is 0.0924. The summed E-state index contributed by atoms with van der Waals surface area (Å²) < 4.78 is 36.4. The van der Waals surface area contributed by atoms with E-state index in [2.05, 4.69) is 0 Å². The predicted molar refractivity (Wildman–Crippen MR) is 37.3 cm³/mol. The van der Waals surface area contributed by atoms with E-state index in [9.17, 15) is 22.8 Å². The summed E-state index contributed by atoms with van der Waals surface area (Å²) in [6, 6.07) is 0.335. The number of aromatic nitrogens is 2. The zero-order valence-electron chi connectivity index (χ0n) is 6.47. The molecule has 0 fully saturated rings. The average molecular weight is 194 g/mol. The van der Waals surface area contributed by atoms with Crippen LogP contribution in [0.5, 0.6) is 0 Å². The van der Waals surface area contributed by atoms with Crippen LogP contribution >= 0.6 is 0 Å². The minimum atomic E-state index is -4.70. The molecule has 1 aromatic heterocycles. The number of hydrogen-bond donors (Lipinski definition) is 1. The lowest BCUT2D eigenvalue weighted by molar-refractivity contribution is -0.141. The van der Waals surface area contributed by atoms with E-state index in [0.717, 1.165) is 7.05 Å². The van der Waals surface area contributed by atoms with Crippen LogP contribution in [0.3, 0.4) is 0 Å². The molecule has 1 N–H and O–H groups in total. The quantitative estimate of drug-likeness (QED) is 0.636. The third-order valence-corrected chi connectivity index (χ3v) is 1.45. The molecule has 72 valence electrons. The van der Waals surface area contributed by atoms with Gasteiger partial charge in [-0.1, -0.05) is 0 Å². The van der Waals surface area contributed by atoms with E-state index < -0.39 is 23.1 Å². The van der Waals surface area contributed by atoms with Crippen molar-refractivity contribution in [1.82, 2.24) is 9.55 Å². The molecule has 0 amide bonds. The SMILES string of the molecule is Cn1c(=O)cc(C(F)(F)F)[nH]c1=O. The molecule has 0 saturated heterocycles. The van der Waals surface area contributed by atoms with Crippen molar-refractivity contribution >= 4 is 0 Å². The standard InChI is InChI=1S/C6H5F3N2O2/c1-11-4(12)2-3(6(7,8)9)10-5(11)13/h2H,1H3,(H,10,13). The summed E-state index contributed by atoms with van der Waals surface area (Å²) in [5.41, 5.74) is -3.41. The van der Waals surface area contributed by atoms with Crippen LogP contribution in [0.4, 0.5) is 13.2 Å². The Bertz CT molecular complexity index is 397. The Morgan fingerprint density at radius 1 is 1.38 bits per heavy atom. The van der Waals surface area contributed by atoms with Gasteiger partial charge in [0.2, 0.25) is 0 Å². The Kier molecular flexibility index (Phi) is 2.02. The van der Waals surface area contributed by atoms with Crippen LogP contribution in [0.25, 0.3) is 0 Å². The molecular formula is C6H5F3N2O2. The maximum atomic E-state index is 12.0. The first-order valence-electron chi connectivity index (χ1n) is 3.20. The largest absolute Gasteiger partial charge is 0.431 e. The third kappa shape index (κ3) is 1.79. The second-order valence-corrected chi connectivity index (χ2v) is 2.38. The summed E-state index contributed by atoms with van der Waals surface area (Å²) in [7, 11) is 1.08. The Morgan fingerprint density at radius 3 is 2.31 bits per heavy atom. The van der Waals surface area contributed by atoms with Crippen molar-refractivity contribution in [2.75, 3.05) is 0 Å². The molecule has 1 heterocycles. The number of hydrogen-bond acceptors (Lipinski definition) is 2. The van der Waals surface area contributed by atoms with Crippen LogP contribution in [0, 0.1) is 0 Å². The molecule has 0 saturated carbocycles. The van der Waals surface area contributed by atoms with Gasteiger partial charge in [-0.2, -0.15) is 13.2 Å². The Balaban J connectivity index is 3.47. The molecule has 0 spiro atoms. The third-order valence-electron chi connectivity index (χ3n) is 1.45. The Labute approximate surface area is 69.6 Å². The second-order valence-electron chi connectivity index (χ2n) is 2.38. The molecule has 0 aliphatic heterocycles. The normalized spacial score (nSPS) is 11.7. The highest BCUT2D eigenvalue weighted by molar-refractivity contribution is 5.03. The smallest absolute Gasteiger partial charge is 0.303 e. The zero-order valence-corrected chi connectivity index (χ0v) is 6.47. The highest BCUT2D eigenvalue weighted by atomic mass is 19.4. The van der Waals surface area contributed by atoms with E-state index in [0.29, 0.717) is 10.6 Å². The van der Waals surface area contributed by atoms with Crippen molar-refractivity contribution < 1.29 is 13.2 Å². The second kappa shape index (κ2) is 2.75. The van der Waals surface area contributed by atoms with Gasteiger partial charge >= 0.3 is 11.9 Å². The average Bonchev–Trinajstić information content (AvgIpc) is 1.97. The van der Waals surface area contributed by atoms with Gasteiger partial charge in [-0.05, 0) is 0 Å². The number of rotatable bonds is 0. The van der Waals surface area contributed by atoms with E-state index in [1.54, 1.807) is 0 Å². The monoisotopic (exact) mass is 194 g/mol. The van der Waals surface area contributed by atoms with Crippen molar-refractivity contribution in [3.05, 3.63) is 32.6 Å². The molecule has 0 aromatic carbocycles. The summed E-state index contributed by atoms with van der Waals surface area (Å²) in [6.45, 7) is 0. The highest BCUT2D eigenvalue weighted by Crippen LogP contribution is 2.25. The summed E-state index contributed by atoms with van der Waals surface area (Å²) in [5.74, 6) is 0. The first kappa shape index (κ1) is 9.56. The van der Waals surface area contributed by atoms with Crippen molar-refractivity contribution in [3.8, 4) is 0 Å². The maximum absolute atomic E-state index is 12.0. The van der Waals surface area contributed by atoms with E-state index >= 15 is 0 Å². The minimum Gasteiger partial charge on any atom is -0.303 e. The topological polar surface area (TPSA) is 54.9 Å². The van der Waals surface area contributed by atoms with Crippen molar-refractivity contribution in [2.24, 2.45) is 7.05 Å². The number of aromatic amines is 1. The molecule has 13 heavy (non-hydrogen) atoms. The van der Waals surface area contributed by atoms with Gasteiger partial charge in [-0.15, -0.1) is 0 Å². The lowest BCUT2D eigenvalue weighted by Gasteiger charge is -2.05. The highest BCUT2D eigenvalue weighted by Gasteiger charge is 2.32. The van der Waals surface area contributed by atoms with Gasteiger partial charge in [-0.3, -0.25) is 9.36 Å². The van der Waals surface area contributed by atoms with Crippen molar-refractivity contribution in [1.29, 1.82) is 0 Å². The summed E-state index contributed by atoms with van der Waals surface area (Å²) in [6.07, 6.45) is -4.70. The van der Waals surface area contributed by atoms with Gasteiger partial charge in [0.25, 0.3) is 5.56 Å². The van der Waals surface area contributed by atoms with E-state index in [1.807, 2.05) is 0 Å². The Morgan fingerprint density at radius 2 is 1.92 bits per heavy atom. The lowest BCUT2D eigenvalue weighted by Crippen LogP contribution is -2.34. The zero-order chi connectivity index (χ0) is 10.2. The van der Waals surface area contributed by atoms with Crippen LogP contribution in [-0.4, -0.2) is 9.55 Å². The van der Waals surface area contributed by atoms with Gasteiger partial charge in [0, 0.05) is 13.1 Å². The molecule has 1 aromatic rings. The number of halogens is 3. The number of H-pyrrole nitrogens is 1. The fourth-order valence-corrected chi connectivity index (χ4v) is 0.708. The molecule has 1 rings (SSSR count). The first-order valence-corrected chi connectivity index (χ1v) is 3.20. The molecule has 0 radical (unpaired) electrons. The summed E-state index contributed by atoms with van der Waals surface area (Å²) in [5, 5.41) is 0. The van der Waals surface area contributed by atoms with Crippen LogP contribution in [-0.2, 0) is 13.2 Å². The van der Waals surface area contributed by atoms with Gasteiger partial charge in [0.1, 0.15) is 5.69 Å². The molecule has 7 heteroatoms. The number of nitrogens with one attached hydrogen (secondary N) is 1. The molecule has 0 bridgehead atoms. The molecule has 0 aliphatic carbocycles. The van der Waals surface area contributed by atoms with Gasteiger partial charge < -0.3 is 4.98 Å². The van der Waals surface area contributed by atoms with Crippen LogP contribution < -0.4 is 11.2 Å². The summed E-state index contributed by atoms with van der Waals surface area (Å²) >= 11 is 0. The van der Waals surface area contributed by atoms with Crippen LogP contribution in [0.1, 0.15) is 5.69 Å². The van der Waals surface area contributed by atoms with Crippen molar-refractivity contribution in [3.63, 3.8) is 0 Å². The maximum Gasteiger partial charge on any atom is 0.431 e. The lowest BCUT2D eigenvalue weighted by atomic mass is 10.4.